The second-order valence-corrected chi connectivity index (χ2v) is 11.7. The average molecular weight is 543 g/mol. The summed E-state index contributed by atoms with van der Waals surface area (Å²) in [5.41, 5.74) is 5.88. The van der Waals surface area contributed by atoms with Gasteiger partial charge in [-0.25, -0.2) is 4.68 Å². The third kappa shape index (κ3) is 5.74. The van der Waals surface area contributed by atoms with E-state index in [-0.39, 0.29) is 17.4 Å². The molecule has 1 aliphatic rings. The van der Waals surface area contributed by atoms with Gasteiger partial charge in [0.15, 0.2) is 5.69 Å². The van der Waals surface area contributed by atoms with Gasteiger partial charge in [-0.05, 0) is 58.9 Å². The van der Waals surface area contributed by atoms with Crippen molar-refractivity contribution in [3.8, 4) is 16.9 Å². The van der Waals surface area contributed by atoms with Crippen molar-refractivity contribution in [3.63, 3.8) is 0 Å². The summed E-state index contributed by atoms with van der Waals surface area (Å²) in [5, 5.41) is 16.4. The Balaban J connectivity index is 1.36. The summed E-state index contributed by atoms with van der Waals surface area (Å²) in [4.78, 5) is 26.8. The third-order valence-corrected chi connectivity index (χ3v) is 7.14. The highest BCUT2D eigenvalue weighted by Crippen LogP contribution is 2.26. The molecule has 4 aromatic rings. The highest BCUT2D eigenvalue weighted by atomic mass is 16.2. The number of carbonyl (C=O) groups excluding carboxylic acids is 1. The average Bonchev–Trinajstić information content (AvgIpc) is 3.59. The van der Waals surface area contributed by atoms with Crippen molar-refractivity contribution in [2.45, 2.75) is 53.0 Å². The number of piperazine rings is 1. The molecule has 210 valence electrons. The number of anilines is 2. The van der Waals surface area contributed by atoms with Gasteiger partial charge in [0.2, 0.25) is 0 Å². The van der Waals surface area contributed by atoms with Gasteiger partial charge in [-0.1, -0.05) is 19.1 Å². The Hall–Kier alpha value is -4.12. The van der Waals surface area contributed by atoms with Gasteiger partial charge in [0, 0.05) is 43.6 Å². The Morgan fingerprint density at radius 1 is 1.02 bits per heavy atom. The van der Waals surface area contributed by atoms with E-state index in [1.807, 2.05) is 36.1 Å². The predicted octanol–water partition coefficient (Wildman–Crippen LogP) is 4.11. The number of pyridine rings is 2. The number of aromatic nitrogens is 7. The molecule has 0 aliphatic carbocycles. The van der Waals surface area contributed by atoms with Crippen LogP contribution in [0.15, 0.2) is 43.0 Å². The molecule has 40 heavy (non-hydrogen) atoms. The summed E-state index contributed by atoms with van der Waals surface area (Å²) in [6, 6.07) is 5.82. The van der Waals surface area contributed by atoms with Crippen LogP contribution in [-0.4, -0.2) is 78.8 Å². The van der Waals surface area contributed by atoms with E-state index in [9.17, 15) is 4.79 Å². The summed E-state index contributed by atoms with van der Waals surface area (Å²) in [6.45, 7) is 16.3. The third-order valence-electron chi connectivity index (χ3n) is 7.14. The first kappa shape index (κ1) is 27.4. The van der Waals surface area contributed by atoms with Gasteiger partial charge in [-0.2, -0.15) is 5.10 Å². The molecule has 0 radical (unpaired) electrons. The highest BCUT2D eigenvalue weighted by Gasteiger charge is 2.24. The Morgan fingerprint density at radius 3 is 2.45 bits per heavy atom. The van der Waals surface area contributed by atoms with E-state index in [1.54, 1.807) is 17.1 Å². The molecule has 0 aromatic carbocycles. The molecule has 1 saturated heterocycles. The number of aryl methyl sites for hydroxylation is 1. The van der Waals surface area contributed by atoms with E-state index < -0.39 is 0 Å². The van der Waals surface area contributed by atoms with E-state index in [2.05, 4.69) is 88.2 Å². The minimum absolute atomic E-state index is 0.235. The van der Waals surface area contributed by atoms with Crippen LogP contribution in [0.1, 0.15) is 62.4 Å². The number of likely N-dealkylation sites (N-methyl/N-ethyl adjacent to an activating group) is 1. The van der Waals surface area contributed by atoms with Crippen LogP contribution in [0, 0.1) is 6.92 Å². The van der Waals surface area contributed by atoms with Crippen molar-refractivity contribution < 1.29 is 4.79 Å². The van der Waals surface area contributed by atoms with Gasteiger partial charge in [-0.15, -0.1) is 5.10 Å². The summed E-state index contributed by atoms with van der Waals surface area (Å²) < 4.78 is 3.61. The van der Waals surface area contributed by atoms with Crippen LogP contribution < -0.4 is 10.2 Å². The maximum atomic E-state index is 13.2. The van der Waals surface area contributed by atoms with Gasteiger partial charge >= 0.3 is 0 Å². The van der Waals surface area contributed by atoms with Gasteiger partial charge in [0.25, 0.3) is 5.91 Å². The number of rotatable bonds is 6. The van der Waals surface area contributed by atoms with E-state index in [0.29, 0.717) is 17.1 Å². The molecular formula is C29H38N10O. The Bertz CT molecular complexity index is 1510. The van der Waals surface area contributed by atoms with Crippen molar-refractivity contribution in [1.29, 1.82) is 0 Å². The van der Waals surface area contributed by atoms with Crippen molar-refractivity contribution in [2.24, 2.45) is 0 Å². The topological polar surface area (TPSA) is 110 Å². The normalized spacial score (nSPS) is 14.7. The molecule has 1 fully saturated rings. The van der Waals surface area contributed by atoms with E-state index in [1.165, 1.54) is 0 Å². The molecule has 5 rings (SSSR count). The molecular weight excluding hydrogens is 504 g/mol. The molecule has 0 spiro atoms. The molecule has 0 unspecified atom stereocenters. The first-order valence-corrected chi connectivity index (χ1v) is 13.7. The number of nitrogens with one attached hydrogen (secondary N) is 1. The monoisotopic (exact) mass is 542 g/mol. The number of hydrogen-bond donors (Lipinski definition) is 1. The molecule has 1 N–H and O–H groups in total. The summed E-state index contributed by atoms with van der Waals surface area (Å²) in [6.07, 6.45) is 7.20. The standard InChI is InChI=1S/C29H38N10O/c1-19(2)26-14-24(34-39(26)29(4,5)6)28(40)32-22-13-27(20(3)31-16-22)38-18-25(33-35-38)21-12-23(17-30-15-21)37-10-8-36(7)9-11-37/h12-19H,8-11H2,1-7H3,(H,32,40). The Labute approximate surface area is 235 Å². The van der Waals surface area contributed by atoms with Crippen molar-refractivity contribution >= 4 is 17.3 Å². The van der Waals surface area contributed by atoms with Crippen molar-refractivity contribution in [2.75, 3.05) is 43.4 Å². The lowest BCUT2D eigenvalue weighted by atomic mass is 10.1. The maximum Gasteiger partial charge on any atom is 0.276 e. The summed E-state index contributed by atoms with van der Waals surface area (Å²) in [5.74, 6) is -0.0486. The fourth-order valence-electron chi connectivity index (χ4n) is 4.79. The molecule has 11 nitrogen and oxygen atoms in total. The molecule has 5 heterocycles. The van der Waals surface area contributed by atoms with Crippen LogP contribution in [-0.2, 0) is 5.54 Å². The van der Waals surface area contributed by atoms with Crippen LogP contribution in [0.5, 0.6) is 0 Å². The quantitative estimate of drug-likeness (QED) is 0.388. The lowest BCUT2D eigenvalue weighted by Gasteiger charge is -2.33. The smallest absolute Gasteiger partial charge is 0.276 e. The van der Waals surface area contributed by atoms with Gasteiger partial charge in [0.1, 0.15) is 5.69 Å². The minimum Gasteiger partial charge on any atom is -0.368 e. The lowest BCUT2D eigenvalue weighted by Crippen LogP contribution is -2.44. The summed E-state index contributed by atoms with van der Waals surface area (Å²) in [7, 11) is 2.14. The molecule has 0 saturated carbocycles. The minimum atomic E-state index is -0.285. The lowest BCUT2D eigenvalue weighted by molar-refractivity contribution is 0.102. The van der Waals surface area contributed by atoms with Crippen LogP contribution in [0.4, 0.5) is 11.4 Å². The fourth-order valence-corrected chi connectivity index (χ4v) is 4.79. The maximum absolute atomic E-state index is 13.2. The zero-order valence-corrected chi connectivity index (χ0v) is 24.4. The number of nitrogens with zero attached hydrogens (tertiary/aromatic N) is 9. The molecule has 4 aromatic heterocycles. The van der Waals surface area contributed by atoms with Gasteiger partial charge < -0.3 is 15.1 Å². The fraction of sp³-hybridized carbons (Fsp3) is 0.448. The number of carbonyl (C=O) groups is 1. The van der Waals surface area contributed by atoms with Gasteiger partial charge in [-0.3, -0.25) is 19.4 Å². The molecule has 11 heteroatoms. The molecule has 0 bridgehead atoms. The first-order chi connectivity index (χ1) is 19.0. The van der Waals surface area contributed by atoms with Crippen LogP contribution in [0.3, 0.4) is 0 Å². The van der Waals surface area contributed by atoms with Crippen LogP contribution in [0.25, 0.3) is 16.9 Å². The van der Waals surface area contributed by atoms with Gasteiger partial charge in [0.05, 0.1) is 46.9 Å². The molecule has 0 atom stereocenters. The predicted molar refractivity (Wildman–Crippen MR) is 156 cm³/mol. The second-order valence-electron chi connectivity index (χ2n) is 11.7. The number of amides is 1. The van der Waals surface area contributed by atoms with E-state index >= 15 is 0 Å². The van der Waals surface area contributed by atoms with Crippen molar-refractivity contribution in [3.05, 3.63) is 60.1 Å². The molecule has 1 aliphatic heterocycles. The Morgan fingerprint density at radius 2 is 1.77 bits per heavy atom. The highest BCUT2D eigenvalue weighted by molar-refractivity contribution is 6.03. The largest absolute Gasteiger partial charge is 0.368 e. The van der Waals surface area contributed by atoms with E-state index in [4.69, 9.17) is 0 Å². The first-order valence-electron chi connectivity index (χ1n) is 13.7. The number of hydrogen-bond acceptors (Lipinski definition) is 8. The van der Waals surface area contributed by atoms with Crippen molar-refractivity contribution in [1.82, 2.24) is 39.6 Å². The SMILES string of the molecule is Cc1ncc(NC(=O)c2cc(C(C)C)n(C(C)(C)C)n2)cc1-n1cc(-c2cncc(N3CCN(C)CC3)c2)nn1. The summed E-state index contributed by atoms with van der Waals surface area (Å²) >= 11 is 0. The second kappa shape index (κ2) is 10.8. The zero-order valence-electron chi connectivity index (χ0n) is 24.4. The van der Waals surface area contributed by atoms with Crippen LogP contribution >= 0.6 is 0 Å². The van der Waals surface area contributed by atoms with E-state index in [0.717, 1.165) is 54.5 Å². The Kier molecular flexibility index (Phi) is 7.41. The molecule has 1 amide bonds. The zero-order chi connectivity index (χ0) is 28.6. The van der Waals surface area contributed by atoms with Crippen LogP contribution in [0.2, 0.25) is 0 Å².